The molecule has 1 aliphatic heterocycles. The van der Waals surface area contributed by atoms with Gasteiger partial charge in [-0.25, -0.2) is 4.79 Å². The van der Waals surface area contributed by atoms with Gasteiger partial charge in [-0.1, -0.05) is 0 Å². The molecule has 1 atom stereocenters. The molecule has 0 radical (unpaired) electrons. The average molecular weight is 243 g/mol. The molecule has 1 saturated heterocycles. The Balaban J connectivity index is 2.67. The molecular weight excluding hydrogens is 222 g/mol. The van der Waals surface area contributed by atoms with Gasteiger partial charge in [0.05, 0.1) is 13.2 Å². The summed E-state index contributed by atoms with van der Waals surface area (Å²) in [5.74, 6) is -0.0780. The summed E-state index contributed by atoms with van der Waals surface area (Å²) in [6.07, 6.45) is -0.395. The zero-order valence-electron chi connectivity index (χ0n) is 11.2. The first-order valence-electron chi connectivity index (χ1n) is 5.77. The van der Waals surface area contributed by atoms with Crippen molar-refractivity contribution in [3.63, 3.8) is 0 Å². The fraction of sp³-hybridized carbons (Fsp3) is 0.833. The first-order chi connectivity index (χ1) is 7.64. The highest BCUT2D eigenvalue weighted by molar-refractivity contribution is 5.85. The molecule has 5 heteroatoms. The molecule has 1 amide bonds. The molecule has 0 aliphatic carbocycles. The summed E-state index contributed by atoms with van der Waals surface area (Å²) in [7, 11) is 0. The molecule has 0 aromatic heterocycles. The lowest BCUT2D eigenvalue weighted by atomic mass is 10.00. The summed E-state index contributed by atoms with van der Waals surface area (Å²) in [5.41, 5.74) is -1.43. The summed E-state index contributed by atoms with van der Waals surface area (Å²) in [5, 5.41) is 0. The minimum atomic E-state index is -0.908. The number of carbonyl (C=O) groups is 2. The highest BCUT2D eigenvalue weighted by atomic mass is 16.6. The van der Waals surface area contributed by atoms with E-state index in [1.807, 2.05) is 20.8 Å². The maximum atomic E-state index is 11.9. The monoisotopic (exact) mass is 243 g/mol. The van der Waals surface area contributed by atoms with Crippen molar-refractivity contribution < 1.29 is 19.1 Å². The van der Waals surface area contributed by atoms with Gasteiger partial charge in [0.15, 0.2) is 5.78 Å². The predicted molar refractivity (Wildman–Crippen MR) is 62.8 cm³/mol. The number of carbonyl (C=O) groups excluding carboxylic acids is 2. The first kappa shape index (κ1) is 14.0. The predicted octanol–water partition coefficient (Wildman–Crippen LogP) is 1.60. The Bertz CT molecular complexity index is 321. The van der Waals surface area contributed by atoms with Crippen LogP contribution in [0.25, 0.3) is 0 Å². The van der Waals surface area contributed by atoms with Gasteiger partial charge >= 0.3 is 6.09 Å². The number of hydrogen-bond acceptors (Lipinski definition) is 4. The fourth-order valence-corrected chi connectivity index (χ4v) is 1.57. The normalized spacial score (nSPS) is 25.6. The number of amides is 1. The maximum absolute atomic E-state index is 11.9. The third-order valence-corrected chi connectivity index (χ3v) is 2.67. The maximum Gasteiger partial charge on any atom is 0.410 e. The van der Waals surface area contributed by atoms with Gasteiger partial charge < -0.3 is 14.4 Å². The third-order valence-electron chi connectivity index (χ3n) is 2.67. The van der Waals surface area contributed by atoms with Gasteiger partial charge in [-0.2, -0.15) is 0 Å². The molecule has 1 unspecified atom stereocenters. The van der Waals surface area contributed by atoms with E-state index in [2.05, 4.69) is 0 Å². The van der Waals surface area contributed by atoms with Crippen LogP contribution in [0.1, 0.15) is 34.6 Å². The van der Waals surface area contributed by atoms with Crippen molar-refractivity contribution in [1.82, 2.24) is 4.90 Å². The van der Waals surface area contributed by atoms with Crippen LogP contribution in [0.5, 0.6) is 0 Å². The Morgan fingerprint density at radius 3 is 2.41 bits per heavy atom. The summed E-state index contributed by atoms with van der Waals surface area (Å²) in [4.78, 5) is 24.9. The summed E-state index contributed by atoms with van der Waals surface area (Å²) in [6.45, 7) is 9.68. The van der Waals surface area contributed by atoms with Crippen LogP contribution in [0.4, 0.5) is 4.79 Å². The number of ether oxygens (including phenoxy) is 2. The number of Topliss-reactive ketones (excluding diaryl/α,β-unsaturated/α-hetero) is 1. The largest absolute Gasteiger partial charge is 0.444 e. The van der Waals surface area contributed by atoms with Crippen molar-refractivity contribution >= 4 is 11.9 Å². The molecule has 1 aliphatic rings. The highest BCUT2D eigenvalue weighted by Crippen LogP contribution is 2.20. The van der Waals surface area contributed by atoms with Crippen LogP contribution in [-0.2, 0) is 14.3 Å². The van der Waals surface area contributed by atoms with E-state index in [0.717, 1.165) is 0 Å². The highest BCUT2D eigenvalue weighted by Gasteiger charge is 2.39. The Kier molecular flexibility index (Phi) is 3.81. The number of hydrogen-bond donors (Lipinski definition) is 0. The zero-order chi connectivity index (χ0) is 13.3. The van der Waals surface area contributed by atoms with E-state index in [1.54, 1.807) is 6.92 Å². The van der Waals surface area contributed by atoms with E-state index in [9.17, 15) is 9.59 Å². The lowest BCUT2D eigenvalue weighted by Gasteiger charge is -2.39. The van der Waals surface area contributed by atoms with Gasteiger partial charge in [-0.3, -0.25) is 4.79 Å². The van der Waals surface area contributed by atoms with Crippen LogP contribution in [0, 0.1) is 0 Å². The third kappa shape index (κ3) is 3.70. The number of morpholine rings is 1. The number of nitrogens with zero attached hydrogens (tertiary/aromatic N) is 1. The molecule has 0 spiro atoms. The summed E-state index contributed by atoms with van der Waals surface area (Å²) in [6, 6.07) is 0. The lowest BCUT2D eigenvalue weighted by molar-refractivity contribution is -0.150. The Hall–Kier alpha value is -1.10. The standard InChI is InChI=1S/C12H21NO4/c1-9(14)12(5)8-13(6-7-16-12)10(15)17-11(2,3)4/h6-8H2,1-5H3. The van der Waals surface area contributed by atoms with E-state index in [1.165, 1.54) is 11.8 Å². The first-order valence-corrected chi connectivity index (χ1v) is 5.77. The molecule has 0 saturated carbocycles. The average Bonchev–Trinajstić information content (AvgIpc) is 2.15. The molecule has 1 rings (SSSR count). The van der Waals surface area contributed by atoms with Crippen molar-refractivity contribution in [3.05, 3.63) is 0 Å². The molecule has 0 bridgehead atoms. The smallest absolute Gasteiger partial charge is 0.410 e. The van der Waals surface area contributed by atoms with Crippen LogP contribution in [0.2, 0.25) is 0 Å². The quantitative estimate of drug-likeness (QED) is 0.702. The molecular formula is C12H21NO4. The zero-order valence-corrected chi connectivity index (χ0v) is 11.2. The minimum absolute atomic E-state index is 0.0780. The van der Waals surface area contributed by atoms with E-state index >= 15 is 0 Å². The van der Waals surface area contributed by atoms with Crippen LogP contribution in [0.15, 0.2) is 0 Å². The van der Waals surface area contributed by atoms with Crippen molar-refractivity contribution in [2.24, 2.45) is 0 Å². The van der Waals surface area contributed by atoms with E-state index in [4.69, 9.17) is 9.47 Å². The second kappa shape index (κ2) is 4.64. The van der Waals surface area contributed by atoms with Crippen LogP contribution < -0.4 is 0 Å². The Labute approximate surface area is 102 Å². The van der Waals surface area contributed by atoms with Crippen molar-refractivity contribution in [2.45, 2.75) is 45.8 Å². The molecule has 17 heavy (non-hydrogen) atoms. The van der Waals surface area contributed by atoms with Crippen molar-refractivity contribution in [1.29, 1.82) is 0 Å². The fourth-order valence-electron chi connectivity index (χ4n) is 1.57. The van der Waals surface area contributed by atoms with E-state index in [0.29, 0.717) is 13.2 Å². The molecule has 1 heterocycles. The summed E-state index contributed by atoms with van der Waals surface area (Å²) < 4.78 is 10.7. The summed E-state index contributed by atoms with van der Waals surface area (Å²) >= 11 is 0. The van der Waals surface area contributed by atoms with E-state index in [-0.39, 0.29) is 12.3 Å². The molecule has 0 aromatic carbocycles. The van der Waals surface area contributed by atoms with Gasteiger partial charge in [0.2, 0.25) is 0 Å². The van der Waals surface area contributed by atoms with Crippen LogP contribution in [0.3, 0.4) is 0 Å². The lowest BCUT2D eigenvalue weighted by Crippen LogP contribution is -2.56. The van der Waals surface area contributed by atoms with Gasteiger partial charge in [-0.15, -0.1) is 0 Å². The van der Waals surface area contributed by atoms with Crippen molar-refractivity contribution in [2.75, 3.05) is 19.7 Å². The Morgan fingerprint density at radius 1 is 1.35 bits per heavy atom. The second-order valence-electron chi connectivity index (χ2n) is 5.54. The van der Waals surface area contributed by atoms with Crippen molar-refractivity contribution in [3.8, 4) is 0 Å². The number of ketones is 1. The minimum Gasteiger partial charge on any atom is -0.444 e. The van der Waals surface area contributed by atoms with Gasteiger partial charge in [0.25, 0.3) is 0 Å². The molecule has 0 aromatic rings. The van der Waals surface area contributed by atoms with Gasteiger partial charge in [-0.05, 0) is 34.6 Å². The SMILES string of the molecule is CC(=O)C1(C)CN(C(=O)OC(C)(C)C)CCO1. The van der Waals surface area contributed by atoms with Crippen LogP contribution >= 0.6 is 0 Å². The van der Waals surface area contributed by atoms with Crippen LogP contribution in [-0.4, -0.2) is 47.7 Å². The molecule has 5 nitrogen and oxygen atoms in total. The topological polar surface area (TPSA) is 55.8 Å². The Morgan fingerprint density at radius 2 is 1.94 bits per heavy atom. The molecule has 1 fully saturated rings. The van der Waals surface area contributed by atoms with E-state index < -0.39 is 17.3 Å². The number of rotatable bonds is 1. The molecule has 0 N–H and O–H groups in total. The molecule has 98 valence electrons. The second-order valence-corrected chi connectivity index (χ2v) is 5.54. The van der Waals surface area contributed by atoms with Gasteiger partial charge in [0, 0.05) is 6.54 Å². The van der Waals surface area contributed by atoms with Gasteiger partial charge in [0.1, 0.15) is 11.2 Å².